The molecule has 0 aliphatic carbocycles. The Bertz CT molecular complexity index is 386. The highest BCUT2D eigenvalue weighted by atomic mass is 35.5. The van der Waals surface area contributed by atoms with Gasteiger partial charge in [-0.3, -0.25) is 4.79 Å². The topological polar surface area (TPSA) is 29.1 Å². The minimum absolute atomic E-state index is 0.397. The first-order chi connectivity index (χ1) is 7.20. The number of hydrogen-bond donors (Lipinski definition) is 1. The zero-order chi connectivity index (χ0) is 10.8. The Kier molecular flexibility index (Phi) is 3.29. The summed E-state index contributed by atoms with van der Waals surface area (Å²) in [6.07, 6.45) is 1.06. The summed E-state index contributed by atoms with van der Waals surface area (Å²) in [5, 5.41) is 3.28. The second-order valence-corrected chi connectivity index (χ2v) is 4.39. The number of carbonyl (C=O) groups excluding carboxylic acids is 1. The quantitative estimate of drug-likeness (QED) is 0.810. The summed E-state index contributed by atoms with van der Waals surface area (Å²) in [5.41, 5.74) is 1.43. The molecule has 80 valence electrons. The van der Waals surface area contributed by atoms with E-state index in [2.05, 4.69) is 5.32 Å². The Morgan fingerprint density at radius 3 is 2.87 bits per heavy atom. The highest BCUT2D eigenvalue weighted by Gasteiger charge is 2.21. The first-order valence-corrected chi connectivity index (χ1v) is 5.64. The van der Waals surface area contributed by atoms with Gasteiger partial charge < -0.3 is 5.32 Å². The van der Waals surface area contributed by atoms with E-state index < -0.39 is 5.24 Å². The van der Waals surface area contributed by atoms with Crippen molar-refractivity contribution in [3.8, 4) is 0 Å². The van der Waals surface area contributed by atoms with Crippen LogP contribution in [0.4, 0.5) is 0 Å². The van der Waals surface area contributed by atoms with Crippen molar-refractivity contribution < 1.29 is 4.79 Å². The predicted octanol–water partition coefficient (Wildman–Crippen LogP) is 2.80. The van der Waals surface area contributed by atoms with Gasteiger partial charge in [-0.2, -0.15) is 0 Å². The second-order valence-electron chi connectivity index (χ2n) is 3.67. The average molecular weight is 244 g/mol. The van der Waals surface area contributed by atoms with Crippen molar-refractivity contribution in [1.82, 2.24) is 5.32 Å². The number of hydrogen-bond acceptors (Lipinski definition) is 2. The molecule has 2 rings (SSSR count). The maximum absolute atomic E-state index is 11.1. The van der Waals surface area contributed by atoms with Gasteiger partial charge in [-0.25, -0.2) is 0 Å². The molecule has 15 heavy (non-hydrogen) atoms. The maximum Gasteiger partial charge on any atom is 0.253 e. The second kappa shape index (κ2) is 4.52. The lowest BCUT2D eigenvalue weighted by Gasteiger charge is -2.12. The molecule has 1 unspecified atom stereocenters. The minimum atomic E-state index is -0.493. The molecule has 0 bridgehead atoms. The number of nitrogens with one attached hydrogen (secondary N) is 1. The van der Waals surface area contributed by atoms with Gasteiger partial charge in [0.15, 0.2) is 0 Å². The molecule has 0 saturated carbocycles. The molecule has 0 spiro atoms. The van der Waals surface area contributed by atoms with E-state index in [1.54, 1.807) is 6.07 Å². The summed E-state index contributed by atoms with van der Waals surface area (Å²) in [4.78, 5) is 11.1. The SMILES string of the molecule is O=C(Cl)c1cccc(C2CCNC2)c1Cl. The standard InChI is InChI=1S/C11H11Cl2NO/c12-10-8(7-4-5-14-6-7)2-1-3-9(10)11(13)15/h1-3,7,14H,4-6H2. The van der Waals surface area contributed by atoms with Crippen LogP contribution in [0.5, 0.6) is 0 Å². The molecule has 1 aromatic carbocycles. The Morgan fingerprint density at radius 2 is 2.27 bits per heavy atom. The highest BCUT2D eigenvalue weighted by molar-refractivity contribution is 6.68. The van der Waals surface area contributed by atoms with Gasteiger partial charge in [-0.15, -0.1) is 0 Å². The number of carbonyl (C=O) groups is 1. The number of benzene rings is 1. The van der Waals surface area contributed by atoms with E-state index >= 15 is 0 Å². The summed E-state index contributed by atoms with van der Waals surface area (Å²) in [6.45, 7) is 1.92. The van der Waals surface area contributed by atoms with Crippen LogP contribution >= 0.6 is 23.2 Å². The smallest absolute Gasteiger partial charge is 0.253 e. The Hall–Kier alpha value is -0.570. The summed E-state index contributed by atoms with van der Waals surface area (Å²) in [6, 6.07) is 5.45. The Labute approximate surface area is 98.6 Å². The van der Waals surface area contributed by atoms with Crippen LogP contribution < -0.4 is 5.32 Å². The monoisotopic (exact) mass is 243 g/mol. The van der Waals surface area contributed by atoms with Gasteiger partial charge in [0.05, 0.1) is 10.6 Å². The van der Waals surface area contributed by atoms with Crippen molar-refractivity contribution in [3.63, 3.8) is 0 Å². The molecule has 0 aromatic heterocycles. The van der Waals surface area contributed by atoms with E-state index in [9.17, 15) is 4.79 Å². The van der Waals surface area contributed by atoms with Crippen LogP contribution in [0, 0.1) is 0 Å². The van der Waals surface area contributed by atoms with E-state index in [1.165, 1.54) is 0 Å². The molecule has 1 saturated heterocycles. The fraction of sp³-hybridized carbons (Fsp3) is 0.364. The first-order valence-electron chi connectivity index (χ1n) is 4.89. The lowest BCUT2D eigenvalue weighted by Crippen LogP contribution is -2.08. The summed E-state index contributed by atoms with van der Waals surface area (Å²) in [7, 11) is 0. The van der Waals surface area contributed by atoms with E-state index in [0.29, 0.717) is 16.5 Å². The maximum atomic E-state index is 11.1. The molecule has 0 radical (unpaired) electrons. The van der Waals surface area contributed by atoms with Gasteiger partial charge in [0.2, 0.25) is 0 Å². The van der Waals surface area contributed by atoms with Crippen molar-refractivity contribution in [2.45, 2.75) is 12.3 Å². The normalized spacial score (nSPS) is 20.5. The van der Waals surface area contributed by atoms with E-state index in [-0.39, 0.29) is 0 Å². The van der Waals surface area contributed by atoms with Crippen LogP contribution in [-0.4, -0.2) is 18.3 Å². The molecule has 2 nitrogen and oxygen atoms in total. The third kappa shape index (κ3) is 2.17. The fourth-order valence-electron chi connectivity index (χ4n) is 1.94. The Morgan fingerprint density at radius 1 is 1.47 bits per heavy atom. The lowest BCUT2D eigenvalue weighted by molar-refractivity contribution is 0.108. The first kappa shape index (κ1) is 10.9. The van der Waals surface area contributed by atoms with E-state index in [1.807, 2.05) is 12.1 Å². The third-order valence-electron chi connectivity index (χ3n) is 2.74. The minimum Gasteiger partial charge on any atom is -0.316 e. The average Bonchev–Trinajstić information content (AvgIpc) is 2.70. The largest absolute Gasteiger partial charge is 0.316 e. The van der Waals surface area contributed by atoms with Gasteiger partial charge in [0, 0.05) is 6.54 Å². The van der Waals surface area contributed by atoms with E-state index in [0.717, 1.165) is 25.1 Å². The van der Waals surface area contributed by atoms with Crippen LogP contribution in [0.25, 0.3) is 0 Å². The number of halogens is 2. The van der Waals surface area contributed by atoms with Crippen molar-refractivity contribution in [2.75, 3.05) is 13.1 Å². The van der Waals surface area contributed by atoms with Crippen molar-refractivity contribution in [1.29, 1.82) is 0 Å². The van der Waals surface area contributed by atoms with Crippen LogP contribution in [0.1, 0.15) is 28.3 Å². The highest BCUT2D eigenvalue weighted by Crippen LogP contribution is 2.31. The molecule has 1 aliphatic rings. The third-order valence-corrected chi connectivity index (χ3v) is 3.37. The van der Waals surface area contributed by atoms with Gasteiger partial charge in [-0.1, -0.05) is 23.7 Å². The summed E-state index contributed by atoms with van der Waals surface area (Å²) in [5.74, 6) is 0.397. The van der Waals surface area contributed by atoms with Gasteiger partial charge in [0.25, 0.3) is 5.24 Å². The molecular weight excluding hydrogens is 233 g/mol. The van der Waals surface area contributed by atoms with E-state index in [4.69, 9.17) is 23.2 Å². The lowest BCUT2D eigenvalue weighted by atomic mass is 9.97. The van der Waals surface area contributed by atoms with Crippen molar-refractivity contribution in [2.24, 2.45) is 0 Å². The van der Waals surface area contributed by atoms with Crippen molar-refractivity contribution in [3.05, 3.63) is 34.3 Å². The van der Waals surface area contributed by atoms with Crippen molar-refractivity contribution >= 4 is 28.4 Å². The van der Waals surface area contributed by atoms with Gasteiger partial charge in [0.1, 0.15) is 0 Å². The summed E-state index contributed by atoms with van der Waals surface area (Å²) >= 11 is 11.6. The zero-order valence-corrected chi connectivity index (χ0v) is 9.61. The van der Waals surface area contributed by atoms with Crippen LogP contribution in [0.15, 0.2) is 18.2 Å². The van der Waals surface area contributed by atoms with Gasteiger partial charge in [-0.05, 0) is 42.1 Å². The van der Waals surface area contributed by atoms with Gasteiger partial charge >= 0.3 is 0 Å². The molecular formula is C11H11Cl2NO. The molecule has 1 N–H and O–H groups in total. The molecule has 0 amide bonds. The molecule has 1 fully saturated rings. The van der Waals surface area contributed by atoms with Crippen LogP contribution in [0.3, 0.4) is 0 Å². The molecule has 1 heterocycles. The molecule has 1 aromatic rings. The van der Waals surface area contributed by atoms with Crippen LogP contribution in [0.2, 0.25) is 5.02 Å². The predicted molar refractivity (Wildman–Crippen MR) is 61.9 cm³/mol. The zero-order valence-electron chi connectivity index (χ0n) is 8.09. The molecule has 1 aliphatic heterocycles. The summed E-state index contributed by atoms with van der Waals surface area (Å²) < 4.78 is 0. The van der Waals surface area contributed by atoms with Crippen LogP contribution in [-0.2, 0) is 0 Å². The Balaban J connectivity index is 2.39. The fourth-order valence-corrected chi connectivity index (χ4v) is 2.51. The number of rotatable bonds is 2. The molecule has 1 atom stereocenters. The molecule has 4 heteroatoms.